The van der Waals surface area contributed by atoms with Crippen molar-refractivity contribution in [3.05, 3.63) is 59.3 Å². The molecule has 1 amide bonds. The number of amides is 1. The van der Waals surface area contributed by atoms with Gasteiger partial charge in [0.1, 0.15) is 12.4 Å². The third-order valence-electron chi connectivity index (χ3n) is 5.24. The summed E-state index contributed by atoms with van der Waals surface area (Å²) in [4.78, 5) is 22.6. The zero-order valence-electron chi connectivity index (χ0n) is 17.5. The van der Waals surface area contributed by atoms with Crippen LogP contribution in [0.15, 0.2) is 47.1 Å². The van der Waals surface area contributed by atoms with Crippen molar-refractivity contribution < 1.29 is 24.5 Å². The first-order valence-electron chi connectivity index (χ1n) is 10.2. The molecule has 2 atom stereocenters. The highest BCUT2D eigenvalue weighted by Crippen LogP contribution is 2.33. The van der Waals surface area contributed by atoms with Gasteiger partial charge in [0.15, 0.2) is 5.69 Å². The molecule has 168 valence electrons. The molecule has 1 unspecified atom stereocenters. The minimum Gasteiger partial charge on any atom is -0.595 e. The van der Waals surface area contributed by atoms with Gasteiger partial charge in [0.25, 0.3) is 5.91 Å². The number of carbonyl (C=O) groups is 1. The maximum absolute atomic E-state index is 11.6. The average Bonchev–Trinajstić information content (AvgIpc) is 3.44. The molecule has 11 heteroatoms. The number of nitrogens with zero attached hydrogens (tertiary/aromatic N) is 4. The van der Waals surface area contributed by atoms with Crippen molar-refractivity contribution in [3.8, 4) is 11.4 Å². The summed E-state index contributed by atoms with van der Waals surface area (Å²) >= 11 is 0. The number of pyridine rings is 1. The van der Waals surface area contributed by atoms with Gasteiger partial charge in [0.2, 0.25) is 11.7 Å². The van der Waals surface area contributed by atoms with Crippen LogP contribution in [0.1, 0.15) is 30.3 Å². The highest BCUT2D eigenvalue weighted by atomic mass is 16.8. The molecule has 0 saturated carbocycles. The van der Waals surface area contributed by atoms with Gasteiger partial charge in [-0.15, -0.1) is 0 Å². The molecule has 0 aliphatic carbocycles. The lowest BCUT2D eigenvalue weighted by atomic mass is 10.1. The Morgan fingerprint density at radius 3 is 2.84 bits per heavy atom. The highest BCUT2D eigenvalue weighted by molar-refractivity contribution is 5.90. The van der Waals surface area contributed by atoms with E-state index in [4.69, 9.17) is 14.5 Å². The fraction of sp³-hybridized carbons (Fsp3) is 0.333. The normalized spacial score (nSPS) is 17.4. The van der Waals surface area contributed by atoms with Crippen LogP contribution >= 0.6 is 0 Å². The molecule has 1 aliphatic heterocycles. The van der Waals surface area contributed by atoms with E-state index in [2.05, 4.69) is 25.3 Å². The molecule has 1 fully saturated rings. The highest BCUT2D eigenvalue weighted by Gasteiger charge is 2.31. The summed E-state index contributed by atoms with van der Waals surface area (Å²) in [6, 6.07) is 10.3. The Balaban J connectivity index is 1.42. The van der Waals surface area contributed by atoms with Crippen molar-refractivity contribution in [2.24, 2.45) is 0 Å². The molecule has 0 radical (unpaired) electrons. The van der Waals surface area contributed by atoms with E-state index in [-0.39, 0.29) is 24.2 Å². The predicted molar refractivity (Wildman–Crippen MR) is 113 cm³/mol. The molecule has 1 aromatic carbocycles. The van der Waals surface area contributed by atoms with Crippen LogP contribution in [0, 0.1) is 5.21 Å². The van der Waals surface area contributed by atoms with Gasteiger partial charge < -0.3 is 19.8 Å². The third kappa shape index (κ3) is 5.15. The van der Waals surface area contributed by atoms with Crippen molar-refractivity contribution >= 4 is 17.4 Å². The molecule has 3 aromatic rings. The molecule has 0 bridgehead atoms. The van der Waals surface area contributed by atoms with Crippen molar-refractivity contribution in [1.29, 1.82) is 0 Å². The number of likely N-dealkylation sites (tertiary alicyclic amines) is 1. The lowest BCUT2D eigenvalue weighted by Crippen LogP contribution is -2.99. The van der Waals surface area contributed by atoms with Crippen molar-refractivity contribution in [2.45, 2.75) is 25.4 Å². The minimum atomic E-state index is -0.936. The summed E-state index contributed by atoms with van der Waals surface area (Å²) in [6.45, 7) is 1.51. The average molecular weight is 440 g/mol. The second-order valence-electron chi connectivity index (χ2n) is 7.50. The standard InChI is InChI=1S/C21H24N6O5/c1-31-13-19(28)23-18-9-6-15(11-22-18)20-24-21(32-25-20)17-3-2-10-26(17)12-14-4-7-16(8-5-14)27(29)30/h4-9,11,17,27,29H,2-3,10,12-13H2,1H3,(H,22,23,28)/t17-/m1/s1. The van der Waals surface area contributed by atoms with Crippen LogP contribution in [0.5, 0.6) is 0 Å². The Morgan fingerprint density at radius 2 is 2.16 bits per heavy atom. The SMILES string of the molecule is COCC(=O)Nc1ccc(-c2noc([C@H]3CCCN3Cc3ccc([NH+]([O-])O)cc3)n2)cn1. The van der Waals surface area contributed by atoms with E-state index >= 15 is 0 Å². The van der Waals surface area contributed by atoms with Crippen molar-refractivity contribution in [3.63, 3.8) is 0 Å². The third-order valence-corrected chi connectivity index (χ3v) is 5.24. The number of hydrogen-bond donors (Lipinski definition) is 3. The second-order valence-corrected chi connectivity index (χ2v) is 7.50. The first-order valence-corrected chi connectivity index (χ1v) is 10.2. The monoisotopic (exact) mass is 440 g/mol. The molecule has 3 N–H and O–H groups in total. The number of ether oxygens (including phenoxy) is 1. The van der Waals surface area contributed by atoms with Gasteiger partial charge >= 0.3 is 0 Å². The summed E-state index contributed by atoms with van der Waals surface area (Å²) in [5.74, 6) is 1.10. The number of anilines is 1. The Morgan fingerprint density at radius 1 is 1.34 bits per heavy atom. The van der Waals surface area contributed by atoms with E-state index in [9.17, 15) is 10.0 Å². The summed E-state index contributed by atoms with van der Waals surface area (Å²) in [5, 5.41) is 25.9. The van der Waals surface area contributed by atoms with Crippen LogP contribution in [0.4, 0.5) is 11.5 Å². The zero-order chi connectivity index (χ0) is 22.5. The summed E-state index contributed by atoms with van der Waals surface area (Å²) in [7, 11) is 1.45. The van der Waals surface area contributed by atoms with E-state index in [1.54, 1.807) is 30.5 Å². The molecule has 1 aliphatic rings. The topological polar surface area (TPSA) is 141 Å². The van der Waals surface area contributed by atoms with E-state index in [1.807, 2.05) is 12.1 Å². The number of methoxy groups -OCH3 is 1. The van der Waals surface area contributed by atoms with Gasteiger partial charge in [-0.3, -0.25) is 9.69 Å². The van der Waals surface area contributed by atoms with E-state index in [1.165, 1.54) is 7.11 Å². The molecule has 2 aromatic heterocycles. The molecule has 3 heterocycles. The van der Waals surface area contributed by atoms with Crippen LogP contribution in [0.3, 0.4) is 0 Å². The molecule has 32 heavy (non-hydrogen) atoms. The maximum atomic E-state index is 11.6. The predicted octanol–water partition coefficient (Wildman–Crippen LogP) is 1.46. The van der Waals surface area contributed by atoms with E-state index < -0.39 is 5.23 Å². The number of nitrogens with one attached hydrogen (secondary N) is 2. The Bertz CT molecular complexity index is 1040. The van der Waals surface area contributed by atoms with Crippen molar-refractivity contribution in [2.75, 3.05) is 25.6 Å². The van der Waals surface area contributed by atoms with Gasteiger partial charge in [-0.2, -0.15) is 10.2 Å². The molecular weight excluding hydrogens is 416 g/mol. The van der Waals surface area contributed by atoms with Gasteiger partial charge in [-0.25, -0.2) is 10.2 Å². The summed E-state index contributed by atoms with van der Waals surface area (Å²) < 4.78 is 10.3. The second kappa shape index (κ2) is 9.94. The summed E-state index contributed by atoms with van der Waals surface area (Å²) in [6.07, 6.45) is 3.48. The molecule has 1 saturated heterocycles. The smallest absolute Gasteiger partial charge is 0.251 e. The Labute approximate surface area is 184 Å². The van der Waals surface area contributed by atoms with E-state index in [0.29, 0.717) is 29.6 Å². The largest absolute Gasteiger partial charge is 0.595 e. The zero-order valence-corrected chi connectivity index (χ0v) is 17.5. The maximum Gasteiger partial charge on any atom is 0.251 e. The fourth-order valence-corrected chi connectivity index (χ4v) is 3.68. The van der Waals surface area contributed by atoms with Gasteiger partial charge in [0.05, 0.1) is 6.04 Å². The molecule has 4 rings (SSSR count). The number of rotatable bonds is 8. The quantitative estimate of drug-likeness (QED) is 0.444. The number of carbonyl (C=O) groups excluding carboxylic acids is 1. The van der Waals surface area contributed by atoms with E-state index in [0.717, 1.165) is 24.9 Å². The summed E-state index contributed by atoms with van der Waals surface area (Å²) in [5.41, 5.74) is 1.97. The Hall–Kier alpha value is -3.22. The fourth-order valence-electron chi connectivity index (χ4n) is 3.68. The first-order chi connectivity index (χ1) is 15.5. The van der Waals surface area contributed by atoms with Crippen LogP contribution in [0.25, 0.3) is 11.4 Å². The van der Waals surface area contributed by atoms with Crippen LogP contribution in [-0.4, -0.2) is 51.4 Å². The number of aromatic nitrogens is 3. The van der Waals surface area contributed by atoms with Gasteiger partial charge in [0, 0.05) is 37.5 Å². The molecule has 0 spiro atoms. The van der Waals surface area contributed by atoms with Crippen molar-refractivity contribution in [1.82, 2.24) is 20.0 Å². The number of hydrogen-bond acceptors (Lipinski definition) is 9. The van der Waals surface area contributed by atoms with Crippen LogP contribution < -0.4 is 10.5 Å². The Kier molecular flexibility index (Phi) is 6.83. The number of benzene rings is 1. The van der Waals surface area contributed by atoms with Crippen LogP contribution in [0.2, 0.25) is 0 Å². The van der Waals surface area contributed by atoms with Gasteiger partial charge in [-0.05, 0) is 37.1 Å². The number of quaternary nitrogens is 1. The first kappa shape index (κ1) is 22.0. The van der Waals surface area contributed by atoms with Crippen LogP contribution in [-0.2, 0) is 16.1 Å². The van der Waals surface area contributed by atoms with Gasteiger partial charge in [-0.1, -0.05) is 17.3 Å². The minimum absolute atomic E-state index is 0.00374. The lowest BCUT2D eigenvalue weighted by Gasteiger charge is -2.21. The lowest BCUT2D eigenvalue weighted by molar-refractivity contribution is -0.991. The molecule has 11 nitrogen and oxygen atoms in total. The molecular formula is C21H24N6O5.